The number of morpholine rings is 1. The molecule has 4 nitrogen and oxygen atoms in total. The van der Waals surface area contributed by atoms with E-state index in [1.165, 1.54) is 0 Å². The van der Waals surface area contributed by atoms with Crippen molar-refractivity contribution < 1.29 is 14.3 Å². The van der Waals surface area contributed by atoms with E-state index in [1.807, 2.05) is 0 Å². The molecular formula is C6H6ClNO3. The number of hydrogen-bond acceptors (Lipinski definition) is 3. The molecule has 1 saturated heterocycles. The summed E-state index contributed by atoms with van der Waals surface area (Å²) in [6.07, 6.45) is 0. The first-order valence-electron chi connectivity index (χ1n) is 3.04. The Bertz CT molecular complexity index is 222. The first kappa shape index (κ1) is 8.27. The minimum absolute atomic E-state index is 0.113. The molecule has 1 amide bonds. The summed E-state index contributed by atoms with van der Waals surface area (Å²) in [5.41, 5.74) is 0.163. The Kier molecular flexibility index (Phi) is 2.65. The van der Waals surface area contributed by atoms with E-state index in [-0.39, 0.29) is 12.3 Å². The van der Waals surface area contributed by atoms with Gasteiger partial charge in [0.15, 0.2) is 0 Å². The third kappa shape index (κ3) is 1.80. The maximum atomic E-state index is 10.6. The van der Waals surface area contributed by atoms with Crippen molar-refractivity contribution in [3.63, 3.8) is 0 Å². The van der Waals surface area contributed by atoms with Gasteiger partial charge in [0.25, 0.3) is 0 Å². The van der Waals surface area contributed by atoms with Crippen LogP contribution in [-0.4, -0.2) is 36.0 Å². The van der Waals surface area contributed by atoms with E-state index in [0.717, 1.165) is 4.90 Å². The Balaban J connectivity index is 2.75. The van der Waals surface area contributed by atoms with Gasteiger partial charge in [-0.1, -0.05) is 0 Å². The van der Waals surface area contributed by atoms with Crippen LogP contribution in [-0.2, 0) is 9.53 Å². The summed E-state index contributed by atoms with van der Waals surface area (Å²) in [6, 6.07) is 0. The molecule has 0 atom stereocenters. The molecule has 0 aromatic rings. The zero-order valence-corrected chi connectivity index (χ0v) is 6.43. The third-order valence-electron chi connectivity index (χ3n) is 1.35. The van der Waals surface area contributed by atoms with Gasteiger partial charge in [-0.2, -0.15) is 0 Å². The fourth-order valence-electron chi connectivity index (χ4n) is 0.816. The maximum Gasteiger partial charge on any atom is 0.321 e. The highest BCUT2D eigenvalue weighted by Crippen LogP contribution is 2.09. The Morgan fingerprint density at radius 3 is 2.91 bits per heavy atom. The van der Waals surface area contributed by atoms with Crippen LogP contribution in [0, 0.1) is 0 Å². The van der Waals surface area contributed by atoms with Gasteiger partial charge in [-0.05, 0) is 11.6 Å². The van der Waals surface area contributed by atoms with E-state index in [0.29, 0.717) is 13.2 Å². The molecule has 0 N–H and O–H groups in total. The van der Waals surface area contributed by atoms with Crippen molar-refractivity contribution in [2.24, 2.45) is 0 Å². The van der Waals surface area contributed by atoms with E-state index in [1.54, 1.807) is 5.94 Å². The second kappa shape index (κ2) is 3.53. The van der Waals surface area contributed by atoms with Crippen LogP contribution in [0.15, 0.2) is 5.70 Å². The highest BCUT2D eigenvalue weighted by Gasteiger charge is 2.20. The van der Waals surface area contributed by atoms with E-state index < -0.39 is 5.37 Å². The summed E-state index contributed by atoms with van der Waals surface area (Å²) in [7, 11) is 0. The van der Waals surface area contributed by atoms with Gasteiger partial charge in [0.2, 0.25) is 0 Å². The quantitative estimate of drug-likeness (QED) is 0.304. The molecule has 11 heavy (non-hydrogen) atoms. The van der Waals surface area contributed by atoms with Crippen molar-refractivity contribution >= 4 is 22.9 Å². The van der Waals surface area contributed by atoms with Crippen LogP contribution in [0.4, 0.5) is 4.79 Å². The van der Waals surface area contributed by atoms with Crippen LogP contribution >= 0.6 is 11.6 Å². The Labute approximate surface area is 68.4 Å². The lowest BCUT2D eigenvalue weighted by Crippen LogP contribution is -2.36. The molecule has 1 fully saturated rings. The zero-order valence-electron chi connectivity index (χ0n) is 5.67. The normalized spacial score (nSPS) is 17.9. The van der Waals surface area contributed by atoms with Gasteiger partial charge in [0, 0.05) is 0 Å². The van der Waals surface area contributed by atoms with Gasteiger partial charge in [-0.25, -0.2) is 4.79 Å². The van der Waals surface area contributed by atoms with E-state index >= 15 is 0 Å². The minimum atomic E-state index is -0.661. The van der Waals surface area contributed by atoms with Crippen molar-refractivity contribution in [2.75, 3.05) is 19.8 Å². The lowest BCUT2D eigenvalue weighted by atomic mass is 10.4. The van der Waals surface area contributed by atoms with Gasteiger partial charge in [0.1, 0.15) is 11.6 Å². The second-order valence-corrected chi connectivity index (χ2v) is 2.33. The molecule has 5 heteroatoms. The predicted octanol–water partition coefficient (Wildman–Crippen LogP) is 0.393. The zero-order chi connectivity index (χ0) is 8.27. The van der Waals surface area contributed by atoms with Gasteiger partial charge >= 0.3 is 5.37 Å². The van der Waals surface area contributed by atoms with Crippen LogP contribution in [0.3, 0.4) is 0 Å². The second-order valence-electron chi connectivity index (χ2n) is 2.01. The summed E-state index contributed by atoms with van der Waals surface area (Å²) < 4.78 is 4.90. The molecule has 0 spiro atoms. The molecule has 1 rings (SSSR count). The topological polar surface area (TPSA) is 46.6 Å². The van der Waals surface area contributed by atoms with Gasteiger partial charge in [0.05, 0.1) is 19.8 Å². The maximum absolute atomic E-state index is 10.6. The van der Waals surface area contributed by atoms with Crippen molar-refractivity contribution in [1.29, 1.82) is 0 Å². The highest BCUT2D eigenvalue weighted by atomic mass is 35.5. The minimum Gasteiger partial charge on any atom is -0.373 e. The molecule has 60 valence electrons. The molecule has 1 aliphatic heterocycles. The largest absolute Gasteiger partial charge is 0.373 e. The van der Waals surface area contributed by atoms with Crippen LogP contribution in [0.2, 0.25) is 0 Å². The number of carbonyl (C=O) groups is 1. The molecule has 0 aromatic heterocycles. The van der Waals surface area contributed by atoms with Crippen LogP contribution in [0.25, 0.3) is 0 Å². The fraction of sp³-hybridized carbons (Fsp3) is 0.500. The van der Waals surface area contributed by atoms with Crippen LogP contribution < -0.4 is 0 Å². The van der Waals surface area contributed by atoms with E-state index in [2.05, 4.69) is 0 Å². The number of carbonyl (C=O) groups excluding carboxylic acids is 2. The fourth-order valence-corrected chi connectivity index (χ4v) is 1.00. The number of ether oxygens (including phenoxy) is 1. The summed E-state index contributed by atoms with van der Waals surface area (Å²) in [5.74, 6) is 1.60. The lowest BCUT2D eigenvalue weighted by Gasteiger charge is -2.24. The summed E-state index contributed by atoms with van der Waals surface area (Å²) in [6.45, 7) is 0.846. The molecule has 0 saturated carbocycles. The van der Waals surface area contributed by atoms with Crippen molar-refractivity contribution in [2.45, 2.75) is 0 Å². The van der Waals surface area contributed by atoms with Gasteiger partial charge < -0.3 is 4.74 Å². The molecule has 0 bridgehead atoms. The first-order valence-corrected chi connectivity index (χ1v) is 3.42. The molecule has 1 aliphatic rings. The smallest absolute Gasteiger partial charge is 0.321 e. The number of amides is 1. The van der Waals surface area contributed by atoms with Crippen LogP contribution in [0.5, 0.6) is 0 Å². The van der Waals surface area contributed by atoms with Gasteiger partial charge in [-0.3, -0.25) is 9.69 Å². The molecule has 0 aliphatic carbocycles. The SMILES string of the molecule is O=C=C1COCCN1C(=O)Cl. The number of nitrogens with zero attached hydrogens (tertiary/aromatic N) is 1. The van der Waals surface area contributed by atoms with Gasteiger partial charge in [-0.15, -0.1) is 0 Å². The number of hydrogen-bond donors (Lipinski definition) is 0. The highest BCUT2D eigenvalue weighted by molar-refractivity contribution is 6.63. The van der Waals surface area contributed by atoms with E-state index in [9.17, 15) is 9.59 Å². The first-order chi connectivity index (χ1) is 5.25. The molecule has 0 radical (unpaired) electrons. The molecular weight excluding hydrogens is 170 g/mol. The Morgan fingerprint density at radius 1 is 1.73 bits per heavy atom. The molecule has 0 aromatic carbocycles. The lowest BCUT2D eigenvalue weighted by molar-refractivity contribution is 0.0913. The van der Waals surface area contributed by atoms with Crippen molar-refractivity contribution in [3.05, 3.63) is 5.70 Å². The number of halogens is 1. The monoisotopic (exact) mass is 175 g/mol. The number of rotatable bonds is 0. The average Bonchev–Trinajstić information content (AvgIpc) is 2.04. The Morgan fingerprint density at radius 2 is 2.45 bits per heavy atom. The van der Waals surface area contributed by atoms with Crippen LogP contribution in [0.1, 0.15) is 0 Å². The Hall–Kier alpha value is -0.830. The summed E-state index contributed by atoms with van der Waals surface area (Å²) in [5, 5.41) is -0.661. The summed E-state index contributed by atoms with van der Waals surface area (Å²) in [4.78, 5) is 21.9. The standard InChI is InChI=1S/C6H6ClNO3/c7-6(10)8-1-2-11-4-5(8)3-9/h1-2,4H2. The van der Waals surface area contributed by atoms with Crippen molar-refractivity contribution in [1.82, 2.24) is 4.90 Å². The molecule has 0 unspecified atom stereocenters. The van der Waals surface area contributed by atoms with E-state index in [4.69, 9.17) is 16.3 Å². The predicted molar refractivity (Wildman–Crippen MR) is 38.0 cm³/mol. The average molecular weight is 176 g/mol. The third-order valence-corrected chi connectivity index (χ3v) is 1.56. The summed E-state index contributed by atoms with van der Waals surface area (Å²) >= 11 is 5.16. The van der Waals surface area contributed by atoms with Crippen molar-refractivity contribution in [3.8, 4) is 0 Å². The molecule has 1 heterocycles.